The summed E-state index contributed by atoms with van der Waals surface area (Å²) in [6.07, 6.45) is 5.62. The molecule has 0 saturated carbocycles. The summed E-state index contributed by atoms with van der Waals surface area (Å²) in [6.45, 7) is 20.9. The molecule has 0 aliphatic carbocycles. The van der Waals surface area contributed by atoms with E-state index in [0.717, 1.165) is 18.4 Å². The van der Waals surface area contributed by atoms with Crippen LogP contribution in [0.5, 0.6) is 0 Å². The van der Waals surface area contributed by atoms with Crippen LogP contribution in [0.3, 0.4) is 0 Å². The molecule has 1 aromatic carbocycles. The number of rotatable bonds is 12. The molecule has 2 unspecified atom stereocenters. The van der Waals surface area contributed by atoms with Crippen molar-refractivity contribution in [3.8, 4) is 0 Å². The smallest absolute Gasteiger partial charge is 0.247 e. The number of aliphatic hydroxyl groups excluding tert-OH is 1. The Kier molecular flexibility index (Phi) is 9.39. The topological polar surface area (TPSA) is 81.2 Å². The zero-order valence-electron chi connectivity index (χ0n) is 26.2. The summed E-state index contributed by atoms with van der Waals surface area (Å²) in [5.74, 6) is -1.61. The molecule has 0 aromatic heterocycles. The highest BCUT2D eigenvalue weighted by Crippen LogP contribution is 2.72. The first-order valence-electron chi connectivity index (χ1n) is 15.3. The van der Waals surface area contributed by atoms with Crippen LogP contribution in [-0.4, -0.2) is 84.3 Å². The van der Waals surface area contributed by atoms with Gasteiger partial charge in [-0.1, -0.05) is 62.8 Å². The van der Waals surface area contributed by atoms with Gasteiger partial charge in [0.1, 0.15) is 6.04 Å². The van der Waals surface area contributed by atoms with E-state index in [4.69, 9.17) is 0 Å². The Morgan fingerprint density at radius 2 is 1.79 bits per heavy atom. The van der Waals surface area contributed by atoms with Crippen LogP contribution in [0, 0.1) is 17.8 Å². The minimum absolute atomic E-state index is 0.0192. The molecule has 0 radical (unpaired) electrons. The number of fused-ring (bicyclic) bond motifs is 1. The lowest BCUT2D eigenvalue weighted by Gasteiger charge is -2.44. The van der Waals surface area contributed by atoms with Gasteiger partial charge in [-0.15, -0.1) is 24.9 Å². The average Bonchev–Trinajstić information content (AvgIpc) is 3.52. The second-order valence-electron chi connectivity index (χ2n) is 13.5. The van der Waals surface area contributed by atoms with Gasteiger partial charge < -0.3 is 19.8 Å². The number of nitrogens with zero attached hydrogens (tertiary/aromatic N) is 3. The van der Waals surface area contributed by atoms with Crippen LogP contribution in [0.4, 0.5) is 0 Å². The van der Waals surface area contributed by atoms with E-state index in [2.05, 4.69) is 20.1 Å². The molecule has 1 N–H and O–H groups in total. The van der Waals surface area contributed by atoms with Gasteiger partial charge in [0.25, 0.3) is 0 Å². The van der Waals surface area contributed by atoms with E-state index in [0.29, 0.717) is 26.1 Å². The third-order valence-corrected chi connectivity index (χ3v) is 11.8. The van der Waals surface area contributed by atoms with Gasteiger partial charge in [-0.05, 0) is 52.0 Å². The normalized spacial score (nSPS) is 29.6. The van der Waals surface area contributed by atoms with E-state index < -0.39 is 39.0 Å². The lowest BCUT2D eigenvalue weighted by Crippen LogP contribution is -2.61. The van der Waals surface area contributed by atoms with E-state index in [1.54, 1.807) is 38.6 Å². The first-order chi connectivity index (χ1) is 19.8. The molecule has 42 heavy (non-hydrogen) atoms. The summed E-state index contributed by atoms with van der Waals surface area (Å²) in [5, 5.41) is 10.7. The largest absolute Gasteiger partial charge is 0.394 e. The molecule has 2 bridgehead atoms. The molecule has 3 amide bonds. The SMILES string of the molecule is C=CCN(Cc1ccccc1)C(=O)[C@H]1[C@H]2C(=O)N([C@@H](CO)[C@@H](C)CC)C(C(=O)N(CC=C)C(C)(C)C)C23CC[C@]1(C)S3. The van der Waals surface area contributed by atoms with Crippen molar-refractivity contribution in [3.05, 3.63) is 61.2 Å². The van der Waals surface area contributed by atoms with E-state index in [1.807, 2.05) is 65.0 Å². The van der Waals surface area contributed by atoms with Crippen molar-refractivity contribution < 1.29 is 19.5 Å². The average molecular weight is 596 g/mol. The molecular weight excluding hydrogens is 546 g/mol. The first kappa shape index (κ1) is 32.3. The Hall–Kier alpha value is -2.58. The summed E-state index contributed by atoms with van der Waals surface area (Å²) < 4.78 is -1.23. The highest BCUT2D eigenvalue weighted by Gasteiger charge is 2.78. The molecule has 3 heterocycles. The van der Waals surface area contributed by atoms with Crippen molar-refractivity contribution >= 4 is 29.5 Å². The van der Waals surface area contributed by atoms with Crippen molar-refractivity contribution in [1.29, 1.82) is 0 Å². The van der Waals surface area contributed by atoms with Gasteiger partial charge in [0.05, 0.1) is 29.2 Å². The first-order valence-corrected chi connectivity index (χ1v) is 16.1. The van der Waals surface area contributed by atoms with Crippen LogP contribution in [0.15, 0.2) is 55.6 Å². The minimum atomic E-state index is -0.771. The Labute approximate surface area is 256 Å². The third kappa shape index (κ3) is 5.34. The van der Waals surface area contributed by atoms with Crippen LogP contribution in [0.25, 0.3) is 0 Å². The second-order valence-corrected chi connectivity index (χ2v) is 15.4. The van der Waals surface area contributed by atoms with Crippen LogP contribution >= 0.6 is 11.8 Å². The second kappa shape index (κ2) is 12.2. The van der Waals surface area contributed by atoms with Gasteiger partial charge in [0, 0.05) is 29.9 Å². The fraction of sp³-hybridized carbons (Fsp3) is 0.618. The number of carbonyl (C=O) groups is 3. The van der Waals surface area contributed by atoms with Gasteiger partial charge in [0.15, 0.2) is 0 Å². The quantitative estimate of drug-likeness (QED) is 0.348. The number of hydrogen-bond donors (Lipinski definition) is 1. The molecule has 7 nitrogen and oxygen atoms in total. The number of likely N-dealkylation sites (tertiary alicyclic amines) is 1. The molecule has 3 aliphatic rings. The monoisotopic (exact) mass is 595 g/mol. The maximum Gasteiger partial charge on any atom is 0.247 e. The number of aliphatic hydroxyl groups is 1. The van der Waals surface area contributed by atoms with Gasteiger partial charge >= 0.3 is 0 Å². The van der Waals surface area contributed by atoms with Crippen molar-refractivity contribution in [1.82, 2.24) is 14.7 Å². The molecule has 3 aliphatic heterocycles. The van der Waals surface area contributed by atoms with E-state index >= 15 is 0 Å². The van der Waals surface area contributed by atoms with Gasteiger partial charge in [-0.2, -0.15) is 0 Å². The van der Waals surface area contributed by atoms with Gasteiger partial charge in [-0.3, -0.25) is 14.4 Å². The third-order valence-electron chi connectivity index (χ3n) is 9.82. The van der Waals surface area contributed by atoms with Gasteiger partial charge in [0.2, 0.25) is 17.7 Å². The number of carbonyl (C=O) groups excluding carboxylic acids is 3. The van der Waals surface area contributed by atoms with Crippen molar-refractivity contribution in [2.75, 3.05) is 19.7 Å². The molecule has 1 aromatic rings. The predicted molar refractivity (Wildman–Crippen MR) is 170 cm³/mol. The Morgan fingerprint density at radius 3 is 2.33 bits per heavy atom. The Bertz CT molecular complexity index is 1200. The molecular formula is C34H49N3O4S. The molecule has 3 saturated heterocycles. The van der Waals surface area contributed by atoms with Gasteiger partial charge in [-0.25, -0.2) is 0 Å². The van der Waals surface area contributed by atoms with Crippen molar-refractivity contribution in [2.45, 2.75) is 94.5 Å². The number of benzene rings is 1. The molecule has 4 rings (SSSR count). The van der Waals surface area contributed by atoms with Crippen LogP contribution in [-0.2, 0) is 20.9 Å². The summed E-state index contributed by atoms with van der Waals surface area (Å²) in [6, 6.07) is 8.57. The number of thioether (sulfide) groups is 1. The van der Waals surface area contributed by atoms with E-state index in [1.165, 1.54) is 0 Å². The zero-order valence-corrected chi connectivity index (χ0v) is 27.0. The maximum absolute atomic E-state index is 14.8. The fourth-order valence-corrected chi connectivity index (χ4v) is 9.88. The Balaban J connectivity index is 1.83. The lowest BCUT2D eigenvalue weighted by molar-refractivity contribution is -0.150. The highest BCUT2D eigenvalue weighted by atomic mass is 32.2. The summed E-state index contributed by atoms with van der Waals surface area (Å²) >= 11 is 1.68. The molecule has 7 atom stereocenters. The molecule has 230 valence electrons. The predicted octanol–water partition coefficient (Wildman–Crippen LogP) is 4.90. The van der Waals surface area contributed by atoms with E-state index in [-0.39, 0.29) is 30.2 Å². The lowest BCUT2D eigenvalue weighted by atomic mass is 9.66. The maximum atomic E-state index is 14.8. The summed E-state index contributed by atoms with van der Waals surface area (Å²) in [5.41, 5.74) is 0.509. The zero-order chi connectivity index (χ0) is 31.0. The van der Waals surface area contributed by atoms with Crippen LogP contribution < -0.4 is 0 Å². The number of hydrogen-bond acceptors (Lipinski definition) is 5. The summed E-state index contributed by atoms with van der Waals surface area (Å²) in [4.78, 5) is 49.4. The van der Waals surface area contributed by atoms with Crippen LogP contribution in [0.1, 0.15) is 66.4 Å². The number of amides is 3. The van der Waals surface area contributed by atoms with Crippen LogP contribution in [0.2, 0.25) is 0 Å². The van der Waals surface area contributed by atoms with Crippen molar-refractivity contribution in [2.24, 2.45) is 17.8 Å². The van der Waals surface area contributed by atoms with E-state index in [9.17, 15) is 19.5 Å². The Morgan fingerprint density at radius 1 is 1.14 bits per heavy atom. The van der Waals surface area contributed by atoms with Crippen molar-refractivity contribution in [3.63, 3.8) is 0 Å². The minimum Gasteiger partial charge on any atom is -0.394 e. The highest BCUT2D eigenvalue weighted by molar-refractivity contribution is 8.02. The molecule has 8 heteroatoms. The summed E-state index contributed by atoms with van der Waals surface area (Å²) in [7, 11) is 0. The molecule has 3 fully saturated rings. The standard InChI is InChI=1S/C34H49N3O4S/c1-9-19-35(21-24-15-13-12-14-16-24)29(39)26-27-30(40)37(25(22-38)23(4)11-3)28(34(27)18-17-33(26,8)42-34)31(41)36(20-10-2)32(5,6)7/h9-10,12-16,23,25-28,38H,1-2,11,17-22H2,3-8H3/t23-,25-,26+,27-,28?,33-,34?/m0/s1. The molecule has 1 spiro atoms. The fourth-order valence-electron chi connectivity index (χ4n) is 7.55.